The normalized spacial score (nSPS) is 21.2. The topological polar surface area (TPSA) is 92.9 Å². The summed E-state index contributed by atoms with van der Waals surface area (Å²) in [6, 6.07) is 1.89. The number of carbonyl (C=O) groups is 1. The molecule has 2 rings (SSSR count). The lowest BCUT2D eigenvalue weighted by Gasteiger charge is -2.17. The molecule has 104 valence electrons. The zero-order valence-corrected chi connectivity index (χ0v) is 11.7. The first-order chi connectivity index (χ1) is 8.89. The largest absolute Gasteiger partial charge is 0.348 e. The van der Waals surface area contributed by atoms with Gasteiger partial charge in [0.2, 0.25) is 5.95 Å². The number of nitrogens with one attached hydrogen (secondary N) is 2. The Balaban J connectivity index is 2.06. The van der Waals surface area contributed by atoms with E-state index in [0.717, 1.165) is 19.3 Å². The predicted molar refractivity (Wildman–Crippen MR) is 73.5 cm³/mol. The van der Waals surface area contributed by atoms with Crippen molar-refractivity contribution in [3.63, 3.8) is 0 Å². The van der Waals surface area contributed by atoms with Crippen molar-refractivity contribution in [2.75, 3.05) is 5.43 Å². The molecule has 1 atom stereocenters. The summed E-state index contributed by atoms with van der Waals surface area (Å²) >= 11 is 0. The second-order valence-electron chi connectivity index (χ2n) is 5.94. The third-order valence-electron chi connectivity index (χ3n) is 3.52. The Morgan fingerprint density at radius 3 is 2.79 bits per heavy atom. The van der Waals surface area contributed by atoms with Crippen LogP contribution in [0.25, 0.3) is 0 Å². The van der Waals surface area contributed by atoms with Crippen molar-refractivity contribution in [3.05, 3.63) is 17.5 Å². The van der Waals surface area contributed by atoms with Gasteiger partial charge in [-0.2, -0.15) is 0 Å². The summed E-state index contributed by atoms with van der Waals surface area (Å²) in [6.07, 6.45) is 3.16. The molecule has 6 heteroatoms. The first kappa shape index (κ1) is 13.7. The summed E-state index contributed by atoms with van der Waals surface area (Å²) in [5.41, 5.74) is 3.74. The fraction of sp³-hybridized carbons (Fsp3) is 0.615. The summed E-state index contributed by atoms with van der Waals surface area (Å²) < 4.78 is 0. The van der Waals surface area contributed by atoms with E-state index in [-0.39, 0.29) is 17.9 Å². The molecular formula is C13H21N5O. The Labute approximate surface area is 113 Å². The third kappa shape index (κ3) is 3.41. The summed E-state index contributed by atoms with van der Waals surface area (Å²) in [5.74, 6) is 5.38. The highest BCUT2D eigenvalue weighted by Crippen LogP contribution is 2.36. The highest BCUT2D eigenvalue weighted by Gasteiger charge is 2.32. The zero-order valence-electron chi connectivity index (χ0n) is 11.7. The van der Waals surface area contributed by atoms with Crippen LogP contribution in [-0.4, -0.2) is 21.9 Å². The van der Waals surface area contributed by atoms with Crippen LogP contribution in [0.3, 0.4) is 0 Å². The number of amides is 1. The van der Waals surface area contributed by atoms with Gasteiger partial charge in [0, 0.05) is 11.7 Å². The number of carbonyl (C=O) groups excluding carboxylic acids is 1. The molecule has 4 N–H and O–H groups in total. The molecule has 0 aromatic carbocycles. The van der Waals surface area contributed by atoms with Crippen LogP contribution in [0.1, 0.15) is 49.3 Å². The molecule has 0 bridgehead atoms. The fourth-order valence-electron chi connectivity index (χ4n) is 2.57. The number of nitrogen functional groups attached to an aromatic ring is 1. The summed E-state index contributed by atoms with van der Waals surface area (Å²) in [7, 11) is 0. The van der Waals surface area contributed by atoms with Gasteiger partial charge in [0.05, 0.1) is 0 Å². The van der Waals surface area contributed by atoms with E-state index < -0.39 is 0 Å². The van der Waals surface area contributed by atoms with E-state index in [1.807, 2.05) is 0 Å². The number of nitrogens with two attached hydrogens (primary N) is 1. The monoisotopic (exact) mass is 263 g/mol. The Hall–Kier alpha value is -1.69. The highest BCUT2D eigenvalue weighted by molar-refractivity contribution is 5.92. The third-order valence-corrected chi connectivity index (χ3v) is 3.52. The first-order valence-electron chi connectivity index (χ1n) is 6.53. The van der Waals surface area contributed by atoms with Crippen molar-refractivity contribution in [2.45, 2.75) is 46.1 Å². The average Bonchev–Trinajstić information content (AvgIpc) is 2.67. The summed E-state index contributed by atoms with van der Waals surface area (Å²) in [6.45, 7) is 6.26. The van der Waals surface area contributed by atoms with Crippen molar-refractivity contribution in [3.8, 4) is 0 Å². The first-order valence-corrected chi connectivity index (χ1v) is 6.53. The lowest BCUT2D eigenvalue weighted by atomic mass is 9.92. The minimum atomic E-state index is -0.162. The van der Waals surface area contributed by atoms with Gasteiger partial charge in [-0.15, -0.1) is 0 Å². The molecule has 0 saturated heterocycles. The maximum Gasteiger partial charge on any atom is 0.270 e. The molecule has 1 fully saturated rings. The lowest BCUT2D eigenvalue weighted by Crippen LogP contribution is -2.34. The minimum absolute atomic E-state index is 0.162. The molecule has 1 unspecified atom stereocenters. The Bertz CT molecular complexity index is 486. The zero-order chi connectivity index (χ0) is 14.0. The second-order valence-corrected chi connectivity index (χ2v) is 5.94. The summed E-state index contributed by atoms with van der Waals surface area (Å²) in [5, 5.41) is 3.03. The van der Waals surface area contributed by atoms with E-state index in [1.54, 1.807) is 13.0 Å². The van der Waals surface area contributed by atoms with Crippen LogP contribution in [0.2, 0.25) is 0 Å². The molecule has 1 saturated carbocycles. The van der Waals surface area contributed by atoms with Gasteiger partial charge in [0.25, 0.3) is 5.91 Å². The average molecular weight is 263 g/mol. The van der Waals surface area contributed by atoms with E-state index in [9.17, 15) is 4.79 Å². The molecule has 6 nitrogen and oxygen atoms in total. The summed E-state index contributed by atoms with van der Waals surface area (Å²) in [4.78, 5) is 20.3. The number of hydrogen-bond donors (Lipinski definition) is 3. The minimum Gasteiger partial charge on any atom is -0.348 e. The van der Waals surface area contributed by atoms with Crippen LogP contribution in [0, 0.1) is 12.3 Å². The quantitative estimate of drug-likeness (QED) is 0.566. The van der Waals surface area contributed by atoms with Gasteiger partial charge in [-0.3, -0.25) is 10.2 Å². The Morgan fingerprint density at radius 2 is 2.21 bits per heavy atom. The fourth-order valence-corrected chi connectivity index (χ4v) is 2.57. The van der Waals surface area contributed by atoms with E-state index in [2.05, 4.69) is 34.6 Å². The molecule has 1 aromatic heterocycles. The van der Waals surface area contributed by atoms with Crippen molar-refractivity contribution in [2.24, 2.45) is 11.3 Å². The van der Waals surface area contributed by atoms with Gasteiger partial charge in [0.15, 0.2) is 0 Å². The molecule has 19 heavy (non-hydrogen) atoms. The van der Waals surface area contributed by atoms with Crippen LogP contribution in [-0.2, 0) is 0 Å². The van der Waals surface area contributed by atoms with E-state index >= 15 is 0 Å². The van der Waals surface area contributed by atoms with Crippen molar-refractivity contribution in [1.82, 2.24) is 15.3 Å². The number of hydrazine groups is 1. The van der Waals surface area contributed by atoms with Crippen LogP contribution in [0.4, 0.5) is 5.95 Å². The number of nitrogens with zero attached hydrogens (tertiary/aromatic N) is 2. The SMILES string of the molecule is Cc1cc(C(=O)NC2CCC(C)(C)C2)nc(NN)n1. The predicted octanol–water partition coefficient (Wildman–Crippen LogP) is 1.38. The number of aromatic nitrogens is 2. The number of rotatable bonds is 3. The van der Waals surface area contributed by atoms with Crippen LogP contribution < -0.4 is 16.6 Å². The van der Waals surface area contributed by atoms with E-state index in [0.29, 0.717) is 16.8 Å². The lowest BCUT2D eigenvalue weighted by molar-refractivity contribution is 0.0931. The van der Waals surface area contributed by atoms with E-state index in [1.165, 1.54) is 0 Å². The van der Waals surface area contributed by atoms with Crippen LogP contribution >= 0.6 is 0 Å². The smallest absolute Gasteiger partial charge is 0.270 e. The van der Waals surface area contributed by atoms with Gasteiger partial charge in [-0.1, -0.05) is 13.8 Å². The van der Waals surface area contributed by atoms with Gasteiger partial charge >= 0.3 is 0 Å². The number of hydrogen-bond acceptors (Lipinski definition) is 5. The second kappa shape index (κ2) is 5.13. The van der Waals surface area contributed by atoms with Crippen molar-refractivity contribution < 1.29 is 4.79 Å². The highest BCUT2D eigenvalue weighted by atomic mass is 16.1. The Morgan fingerprint density at radius 1 is 1.47 bits per heavy atom. The maximum absolute atomic E-state index is 12.2. The van der Waals surface area contributed by atoms with E-state index in [4.69, 9.17) is 5.84 Å². The van der Waals surface area contributed by atoms with Crippen LogP contribution in [0.5, 0.6) is 0 Å². The molecule has 1 heterocycles. The molecule has 1 amide bonds. The van der Waals surface area contributed by atoms with Crippen molar-refractivity contribution >= 4 is 11.9 Å². The van der Waals surface area contributed by atoms with Crippen LogP contribution in [0.15, 0.2) is 6.07 Å². The number of aryl methyl sites for hydroxylation is 1. The molecule has 0 aliphatic heterocycles. The maximum atomic E-state index is 12.2. The molecule has 1 aromatic rings. The standard InChI is InChI=1S/C13H21N5O/c1-8-6-10(17-12(15-8)18-14)11(19)16-9-4-5-13(2,3)7-9/h6,9H,4-5,7,14H2,1-3H3,(H,16,19)(H,15,17,18). The molecule has 1 aliphatic rings. The van der Waals surface area contributed by atoms with Gasteiger partial charge in [-0.05, 0) is 37.7 Å². The Kier molecular flexibility index (Phi) is 3.71. The molecule has 0 radical (unpaired) electrons. The number of anilines is 1. The van der Waals surface area contributed by atoms with Gasteiger partial charge in [-0.25, -0.2) is 15.8 Å². The molecular weight excluding hydrogens is 242 g/mol. The molecule has 0 spiro atoms. The van der Waals surface area contributed by atoms with Gasteiger partial charge in [0.1, 0.15) is 5.69 Å². The van der Waals surface area contributed by atoms with Crippen molar-refractivity contribution in [1.29, 1.82) is 0 Å². The molecule has 1 aliphatic carbocycles. The van der Waals surface area contributed by atoms with Gasteiger partial charge < -0.3 is 5.32 Å².